The fraction of sp³-hybridized carbons (Fsp3) is 0.917. The van der Waals surface area contributed by atoms with Crippen LogP contribution >= 0.6 is 0 Å². The van der Waals surface area contributed by atoms with Gasteiger partial charge in [0.25, 0.3) is 0 Å². The number of amides is 1. The highest BCUT2D eigenvalue weighted by atomic mass is 16.1. The van der Waals surface area contributed by atoms with E-state index in [2.05, 4.69) is 26.1 Å². The van der Waals surface area contributed by atoms with Gasteiger partial charge in [-0.05, 0) is 37.6 Å². The van der Waals surface area contributed by atoms with Crippen LogP contribution in [0, 0.1) is 11.3 Å². The molecule has 0 spiro atoms. The molecule has 1 amide bonds. The number of carbonyl (C=O) groups excluding carboxylic acids is 1. The summed E-state index contributed by atoms with van der Waals surface area (Å²) >= 11 is 0. The zero-order valence-corrected chi connectivity index (χ0v) is 10.6. The van der Waals surface area contributed by atoms with E-state index < -0.39 is 0 Å². The maximum atomic E-state index is 11.3. The molecule has 0 aliphatic rings. The monoisotopic (exact) mass is 214 g/mol. The highest BCUT2D eigenvalue weighted by molar-refractivity contribution is 5.75. The molecule has 0 bridgehead atoms. The largest absolute Gasteiger partial charge is 0.356 e. The fourth-order valence-electron chi connectivity index (χ4n) is 1.80. The first-order valence-corrected chi connectivity index (χ1v) is 5.88. The standard InChI is InChI=1S/C12H26N2O/c1-5-14-11(15)7-6-10(8-9-13)12(2,3)4/h10H,5-9,13H2,1-4H3,(H,14,15). The summed E-state index contributed by atoms with van der Waals surface area (Å²) in [6.07, 6.45) is 2.56. The molecule has 1 atom stereocenters. The van der Waals surface area contributed by atoms with Gasteiger partial charge in [0.1, 0.15) is 0 Å². The van der Waals surface area contributed by atoms with Gasteiger partial charge < -0.3 is 11.1 Å². The van der Waals surface area contributed by atoms with Crippen LogP contribution in [0.25, 0.3) is 0 Å². The highest BCUT2D eigenvalue weighted by Crippen LogP contribution is 2.31. The molecule has 3 nitrogen and oxygen atoms in total. The Kier molecular flexibility index (Phi) is 6.57. The summed E-state index contributed by atoms with van der Waals surface area (Å²) in [5, 5.41) is 2.82. The van der Waals surface area contributed by atoms with Gasteiger partial charge in [0, 0.05) is 13.0 Å². The van der Waals surface area contributed by atoms with Crippen molar-refractivity contribution in [2.24, 2.45) is 17.1 Å². The summed E-state index contributed by atoms with van der Waals surface area (Å²) < 4.78 is 0. The Morgan fingerprint density at radius 2 is 1.93 bits per heavy atom. The minimum absolute atomic E-state index is 0.156. The maximum Gasteiger partial charge on any atom is 0.219 e. The van der Waals surface area contributed by atoms with Gasteiger partial charge in [0.15, 0.2) is 0 Å². The third kappa shape index (κ3) is 6.50. The molecule has 0 saturated heterocycles. The van der Waals surface area contributed by atoms with Crippen LogP contribution in [0.1, 0.15) is 47.0 Å². The molecule has 0 saturated carbocycles. The Morgan fingerprint density at radius 3 is 2.33 bits per heavy atom. The first kappa shape index (κ1) is 14.4. The van der Waals surface area contributed by atoms with Crippen molar-refractivity contribution in [2.45, 2.75) is 47.0 Å². The molecule has 90 valence electrons. The van der Waals surface area contributed by atoms with Crippen LogP contribution < -0.4 is 11.1 Å². The zero-order valence-electron chi connectivity index (χ0n) is 10.6. The van der Waals surface area contributed by atoms with E-state index in [1.165, 1.54) is 0 Å². The first-order valence-electron chi connectivity index (χ1n) is 5.88. The van der Waals surface area contributed by atoms with Crippen LogP contribution in [0.5, 0.6) is 0 Å². The van der Waals surface area contributed by atoms with Gasteiger partial charge in [-0.15, -0.1) is 0 Å². The van der Waals surface area contributed by atoms with Crippen molar-refractivity contribution in [3.8, 4) is 0 Å². The van der Waals surface area contributed by atoms with Crippen LogP contribution in [-0.4, -0.2) is 19.0 Å². The Hall–Kier alpha value is -0.570. The second kappa shape index (κ2) is 6.83. The minimum atomic E-state index is 0.156. The molecule has 0 aliphatic carbocycles. The van der Waals surface area contributed by atoms with E-state index in [-0.39, 0.29) is 11.3 Å². The second-order valence-corrected chi connectivity index (χ2v) is 5.13. The second-order valence-electron chi connectivity index (χ2n) is 5.13. The molecular formula is C12H26N2O. The van der Waals surface area contributed by atoms with Crippen LogP contribution in [0.4, 0.5) is 0 Å². The molecule has 0 aliphatic heterocycles. The lowest BCUT2D eigenvalue weighted by Crippen LogP contribution is -2.27. The van der Waals surface area contributed by atoms with Gasteiger partial charge in [-0.25, -0.2) is 0 Å². The molecule has 0 aromatic heterocycles. The van der Waals surface area contributed by atoms with E-state index in [0.717, 1.165) is 19.4 Å². The van der Waals surface area contributed by atoms with Gasteiger partial charge in [-0.1, -0.05) is 20.8 Å². The van der Waals surface area contributed by atoms with Crippen molar-refractivity contribution >= 4 is 5.91 Å². The SMILES string of the molecule is CCNC(=O)CCC(CCN)C(C)(C)C. The average Bonchev–Trinajstić information content (AvgIpc) is 2.10. The van der Waals surface area contributed by atoms with Crippen molar-refractivity contribution in [3.63, 3.8) is 0 Å². The molecule has 0 aromatic carbocycles. The summed E-state index contributed by atoms with van der Waals surface area (Å²) in [5.74, 6) is 0.689. The van der Waals surface area contributed by atoms with E-state index in [1.54, 1.807) is 0 Å². The number of nitrogens with one attached hydrogen (secondary N) is 1. The zero-order chi connectivity index (χ0) is 11.9. The van der Waals surface area contributed by atoms with Crippen LogP contribution in [0.2, 0.25) is 0 Å². The maximum absolute atomic E-state index is 11.3. The summed E-state index contributed by atoms with van der Waals surface area (Å²) in [7, 11) is 0. The highest BCUT2D eigenvalue weighted by Gasteiger charge is 2.24. The molecule has 3 heteroatoms. The summed E-state index contributed by atoms with van der Waals surface area (Å²) in [5.41, 5.74) is 5.83. The van der Waals surface area contributed by atoms with Crippen molar-refractivity contribution in [2.75, 3.05) is 13.1 Å². The van der Waals surface area contributed by atoms with Gasteiger partial charge in [-0.2, -0.15) is 0 Å². The molecule has 3 N–H and O–H groups in total. The molecule has 0 fully saturated rings. The topological polar surface area (TPSA) is 55.1 Å². The molecule has 1 unspecified atom stereocenters. The third-order valence-corrected chi connectivity index (χ3v) is 2.83. The van der Waals surface area contributed by atoms with E-state index in [1.807, 2.05) is 6.92 Å². The molecule has 15 heavy (non-hydrogen) atoms. The Bertz CT molecular complexity index is 185. The van der Waals surface area contributed by atoms with Crippen molar-refractivity contribution in [3.05, 3.63) is 0 Å². The quantitative estimate of drug-likeness (QED) is 0.709. The van der Waals surface area contributed by atoms with E-state index in [9.17, 15) is 4.79 Å². The van der Waals surface area contributed by atoms with E-state index in [4.69, 9.17) is 5.73 Å². The summed E-state index contributed by atoms with van der Waals surface area (Å²) in [6.45, 7) is 10.0. The van der Waals surface area contributed by atoms with Crippen molar-refractivity contribution < 1.29 is 4.79 Å². The lowest BCUT2D eigenvalue weighted by molar-refractivity contribution is -0.121. The lowest BCUT2D eigenvalue weighted by Gasteiger charge is -2.30. The van der Waals surface area contributed by atoms with Gasteiger partial charge >= 0.3 is 0 Å². The lowest BCUT2D eigenvalue weighted by atomic mass is 9.76. The molecule has 0 aromatic rings. The molecule has 0 rings (SSSR count). The Balaban J connectivity index is 4.02. The third-order valence-electron chi connectivity index (χ3n) is 2.83. The predicted octanol–water partition coefficient (Wildman–Crippen LogP) is 1.91. The van der Waals surface area contributed by atoms with E-state index >= 15 is 0 Å². The Labute approximate surface area is 93.8 Å². The normalized spacial score (nSPS) is 13.7. The number of hydrogen-bond donors (Lipinski definition) is 2. The smallest absolute Gasteiger partial charge is 0.219 e. The Morgan fingerprint density at radius 1 is 1.33 bits per heavy atom. The van der Waals surface area contributed by atoms with Crippen LogP contribution in [0.3, 0.4) is 0 Å². The van der Waals surface area contributed by atoms with Gasteiger partial charge in [0.2, 0.25) is 5.91 Å². The van der Waals surface area contributed by atoms with Crippen molar-refractivity contribution in [1.29, 1.82) is 0 Å². The molecule has 0 heterocycles. The van der Waals surface area contributed by atoms with Crippen LogP contribution in [-0.2, 0) is 4.79 Å². The first-order chi connectivity index (χ1) is 6.91. The molecular weight excluding hydrogens is 188 g/mol. The predicted molar refractivity (Wildman–Crippen MR) is 64.5 cm³/mol. The van der Waals surface area contributed by atoms with Gasteiger partial charge in [0.05, 0.1) is 0 Å². The van der Waals surface area contributed by atoms with E-state index in [0.29, 0.717) is 18.9 Å². The minimum Gasteiger partial charge on any atom is -0.356 e. The summed E-state index contributed by atoms with van der Waals surface area (Å²) in [4.78, 5) is 11.3. The molecule has 0 radical (unpaired) electrons. The fourth-order valence-corrected chi connectivity index (χ4v) is 1.80. The summed E-state index contributed by atoms with van der Waals surface area (Å²) in [6, 6.07) is 0. The van der Waals surface area contributed by atoms with Crippen molar-refractivity contribution in [1.82, 2.24) is 5.32 Å². The van der Waals surface area contributed by atoms with Gasteiger partial charge in [-0.3, -0.25) is 4.79 Å². The number of hydrogen-bond acceptors (Lipinski definition) is 2. The number of carbonyl (C=O) groups is 1. The van der Waals surface area contributed by atoms with Crippen LogP contribution in [0.15, 0.2) is 0 Å². The number of rotatable bonds is 6. The average molecular weight is 214 g/mol. The number of nitrogens with two attached hydrogens (primary N) is 1.